The number of hydrogen-bond donors (Lipinski definition) is 0. The Kier molecular flexibility index (Phi) is 2.88. The number of Topliss-reactive ketones (excluding diaryl/α,β-unsaturated/α-hetero) is 1. The highest BCUT2D eigenvalue weighted by Gasteiger charge is 2.27. The van der Waals surface area contributed by atoms with Gasteiger partial charge in [0, 0.05) is 11.3 Å². The van der Waals surface area contributed by atoms with Gasteiger partial charge in [-0.25, -0.2) is 0 Å². The maximum absolute atomic E-state index is 12.8. The van der Waals surface area contributed by atoms with Gasteiger partial charge in [0.1, 0.15) is 11.8 Å². The largest absolute Gasteiger partial charge is 0.464 e. The molecule has 2 nitrogen and oxygen atoms in total. The van der Waals surface area contributed by atoms with Crippen LogP contribution in [0.15, 0.2) is 59.2 Å². The summed E-state index contributed by atoms with van der Waals surface area (Å²) in [6, 6.07) is 16.2. The fourth-order valence-electron chi connectivity index (χ4n) is 3.31. The van der Waals surface area contributed by atoms with Crippen LogP contribution in [0.4, 0.5) is 0 Å². The molecule has 0 fully saturated rings. The van der Waals surface area contributed by atoms with Crippen molar-refractivity contribution in [2.24, 2.45) is 5.92 Å². The third-order valence-electron chi connectivity index (χ3n) is 4.46. The Balaban J connectivity index is 1.67. The molecule has 4 rings (SSSR count). The summed E-state index contributed by atoms with van der Waals surface area (Å²) < 4.78 is 5.51. The van der Waals surface area contributed by atoms with Gasteiger partial charge in [-0.2, -0.15) is 0 Å². The van der Waals surface area contributed by atoms with Crippen molar-refractivity contribution >= 4 is 16.8 Å². The van der Waals surface area contributed by atoms with E-state index in [1.165, 1.54) is 11.1 Å². The first-order valence-corrected chi connectivity index (χ1v) is 7.40. The standard InChI is InChI=1S/C19H16O2/c20-19(17-12-21-18-8-4-3-7-16(17)18)15-10-9-13-5-1-2-6-14(13)11-15/h1-8,12,15H,9-11H2. The first kappa shape index (κ1) is 12.4. The number of furan rings is 1. The molecule has 3 aromatic rings. The van der Waals surface area contributed by atoms with Crippen LogP contribution in [-0.2, 0) is 12.8 Å². The lowest BCUT2D eigenvalue weighted by molar-refractivity contribution is 0.0909. The topological polar surface area (TPSA) is 30.2 Å². The van der Waals surface area contributed by atoms with E-state index in [0.717, 1.165) is 35.8 Å². The van der Waals surface area contributed by atoms with E-state index in [2.05, 4.69) is 24.3 Å². The number of fused-ring (bicyclic) bond motifs is 2. The second kappa shape index (κ2) is 4.88. The van der Waals surface area contributed by atoms with Crippen LogP contribution in [0.1, 0.15) is 27.9 Å². The monoisotopic (exact) mass is 276 g/mol. The smallest absolute Gasteiger partial charge is 0.170 e. The summed E-state index contributed by atoms with van der Waals surface area (Å²) in [6.45, 7) is 0. The zero-order valence-corrected chi connectivity index (χ0v) is 11.7. The van der Waals surface area contributed by atoms with Crippen LogP contribution in [0.5, 0.6) is 0 Å². The number of aryl methyl sites for hydroxylation is 1. The summed E-state index contributed by atoms with van der Waals surface area (Å²) >= 11 is 0. The maximum Gasteiger partial charge on any atom is 0.170 e. The van der Waals surface area contributed by atoms with E-state index in [9.17, 15) is 4.79 Å². The van der Waals surface area contributed by atoms with Gasteiger partial charge in [-0.15, -0.1) is 0 Å². The van der Waals surface area contributed by atoms with E-state index in [1.807, 2.05) is 24.3 Å². The lowest BCUT2D eigenvalue weighted by atomic mass is 9.80. The van der Waals surface area contributed by atoms with Crippen molar-refractivity contribution in [2.75, 3.05) is 0 Å². The van der Waals surface area contributed by atoms with Gasteiger partial charge in [-0.3, -0.25) is 4.79 Å². The minimum absolute atomic E-state index is 0.0703. The van der Waals surface area contributed by atoms with E-state index < -0.39 is 0 Å². The first-order chi connectivity index (χ1) is 10.3. The normalized spacial score (nSPS) is 17.6. The predicted octanol–water partition coefficient (Wildman–Crippen LogP) is 4.42. The van der Waals surface area contributed by atoms with Gasteiger partial charge in [0.15, 0.2) is 5.78 Å². The van der Waals surface area contributed by atoms with E-state index >= 15 is 0 Å². The van der Waals surface area contributed by atoms with Crippen molar-refractivity contribution < 1.29 is 9.21 Å². The average Bonchev–Trinajstić information content (AvgIpc) is 2.98. The van der Waals surface area contributed by atoms with E-state index in [1.54, 1.807) is 6.26 Å². The molecule has 0 bridgehead atoms. The Morgan fingerprint density at radius 2 is 1.76 bits per heavy atom. The number of rotatable bonds is 2. The highest BCUT2D eigenvalue weighted by molar-refractivity contribution is 6.08. The lowest BCUT2D eigenvalue weighted by Crippen LogP contribution is -2.22. The Labute approximate surface area is 123 Å². The molecule has 1 aliphatic rings. The van der Waals surface area contributed by atoms with Crippen LogP contribution < -0.4 is 0 Å². The summed E-state index contributed by atoms with van der Waals surface area (Å²) in [6.07, 6.45) is 4.37. The van der Waals surface area contributed by atoms with E-state index in [4.69, 9.17) is 4.42 Å². The molecule has 2 aromatic carbocycles. The third kappa shape index (κ3) is 2.07. The van der Waals surface area contributed by atoms with Crippen molar-refractivity contribution in [3.05, 3.63) is 71.5 Å². The van der Waals surface area contributed by atoms with Crippen molar-refractivity contribution in [3.8, 4) is 0 Å². The van der Waals surface area contributed by atoms with Gasteiger partial charge in [0.25, 0.3) is 0 Å². The summed E-state index contributed by atoms with van der Waals surface area (Å²) in [5.74, 6) is 0.287. The van der Waals surface area contributed by atoms with Crippen molar-refractivity contribution in [2.45, 2.75) is 19.3 Å². The van der Waals surface area contributed by atoms with Crippen LogP contribution in [0.25, 0.3) is 11.0 Å². The summed E-state index contributed by atoms with van der Waals surface area (Å²) in [5, 5.41) is 0.932. The number of hydrogen-bond acceptors (Lipinski definition) is 2. The molecule has 1 aromatic heterocycles. The molecule has 0 aliphatic heterocycles. The second-order valence-corrected chi connectivity index (χ2v) is 5.72. The van der Waals surface area contributed by atoms with Gasteiger partial charge in [-0.1, -0.05) is 42.5 Å². The number of benzene rings is 2. The lowest BCUT2D eigenvalue weighted by Gasteiger charge is -2.23. The van der Waals surface area contributed by atoms with Gasteiger partial charge in [0.2, 0.25) is 0 Å². The molecule has 0 saturated carbocycles. The van der Waals surface area contributed by atoms with Crippen LogP contribution in [0, 0.1) is 5.92 Å². The molecule has 0 N–H and O–H groups in total. The van der Waals surface area contributed by atoms with Gasteiger partial charge >= 0.3 is 0 Å². The highest BCUT2D eigenvalue weighted by Crippen LogP contribution is 2.30. The summed E-state index contributed by atoms with van der Waals surface area (Å²) in [5.41, 5.74) is 4.22. The number of ketones is 1. The molecule has 0 amide bonds. The minimum atomic E-state index is 0.0703. The molecule has 104 valence electrons. The molecule has 0 spiro atoms. The maximum atomic E-state index is 12.8. The third-order valence-corrected chi connectivity index (χ3v) is 4.46. The molecule has 2 heteroatoms. The van der Waals surface area contributed by atoms with Crippen LogP contribution >= 0.6 is 0 Å². The molecule has 1 atom stereocenters. The Bertz CT molecular complexity index is 813. The average molecular weight is 276 g/mol. The van der Waals surface area contributed by atoms with Crippen molar-refractivity contribution in [3.63, 3.8) is 0 Å². The van der Waals surface area contributed by atoms with Crippen LogP contribution in [-0.4, -0.2) is 5.78 Å². The summed E-state index contributed by atoms with van der Waals surface area (Å²) in [4.78, 5) is 12.8. The highest BCUT2D eigenvalue weighted by atomic mass is 16.3. The summed E-state index contributed by atoms with van der Waals surface area (Å²) in [7, 11) is 0. The van der Waals surface area contributed by atoms with Gasteiger partial charge in [-0.05, 0) is 36.5 Å². The molecule has 21 heavy (non-hydrogen) atoms. The molecular weight excluding hydrogens is 260 g/mol. The fraction of sp³-hybridized carbons (Fsp3) is 0.211. The number of para-hydroxylation sites is 1. The molecule has 1 heterocycles. The SMILES string of the molecule is O=C(c1coc2ccccc12)C1CCc2ccccc2C1. The second-order valence-electron chi connectivity index (χ2n) is 5.72. The zero-order valence-electron chi connectivity index (χ0n) is 11.7. The molecule has 1 aliphatic carbocycles. The van der Waals surface area contributed by atoms with Crippen LogP contribution in [0.3, 0.4) is 0 Å². The van der Waals surface area contributed by atoms with E-state index in [0.29, 0.717) is 0 Å². The molecule has 0 saturated heterocycles. The quantitative estimate of drug-likeness (QED) is 0.648. The Morgan fingerprint density at radius 1 is 1.00 bits per heavy atom. The Morgan fingerprint density at radius 3 is 2.67 bits per heavy atom. The number of carbonyl (C=O) groups is 1. The minimum Gasteiger partial charge on any atom is -0.464 e. The van der Waals surface area contributed by atoms with E-state index in [-0.39, 0.29) is 11.7 Å². The van der Waals surface area contributed by atoms with Gasteiger partial charge in [0.05, 0.1) is 5.56 Å². The predicted molar refractivity (Wildman–Crippen MR) is 82.5 cm³/mol. The molecular formula is C19H16O2. The number of carbonyl (C=O) groups excluding carboxylic acids is 1. The first-order valence-electron chi connectivity index (χ1n) is 7.40. The fourth-order valence-corrected chi connectivity index (χ4v) is 3.31. The zero-order chi connectivity index (χ0) is 14.2. The molecule has 1 unspecified atom stereocenters. The van der Waals surface area contributed by atoms with Crippen LogP contribution in [0.2, 0.25) is 0 Å². The van der Waals surface area contributed by atoms with Crippen molar-refractivity contribution in [1.82, 2.24) is 0 Å². The van der Waals surface area contributed by atoms with Crippen molar-refractivity contribution in [1.29, 1.82) is 0 Å². The van der Waals surface area contributed by atoms with Gasteiger partial charge < -0.3 is 4.42 Å². The molecule has 0 radical (unpaired) electrons. The Hall–Kier alpha value is -2.35.